The van der Waals surface area contributed by atoms with Crippen molar-refractivity contribution in [3.05, 3.63) is 35.4 Å². The molecule has 3 N–H and O–H groups in total. The third-order valence-corrected chi connectivity index (χ3v) is 4.83. The third kappa shape index (κ3) is 8.34. The van der Waals surface area contributed by atoms with Gasteiger partial charge in [0.25, 0.3) is 0 Å². The first-order valence-corrected chi connectivity index (χ1v) is 10.1. The SMILES string of the molecule is CCNC(=NCC(c1ccc(CC)cc1)N(C)C)NCCNC(=O)C1CC1.I. The molecule has 0 heterocycles. The Morgan fingerprint density at radius 2 is 1.75 bits per heavy atom. The van der Waals surface area contributed by atoms with Gasteiger partial charge >= 0.3 is 0 Å². The van der Waals surface area contributed by atoms with Crippen molar-refractivity contribution >= 4 is 35.8 Å². The number of aryl methyl sites for hydroxylation is 1. The van der Waals surface area contributed by atoms with Gasteiger partial charge in [-0.1, -0.05) is 31.2 Å². The van der Waals surface area contributed by atoms with Crippen molar-refractivity contribution in [3.63, 3.8) is 0 Å². The Morgan fingerprint density at radius 3 is 2.29 bits per heavy atom. The molecule has 6 nitrogen and oxygen atoms in total. The van der Waals surface area contributed by atoms with E-state index in [9.17, 15) is 4.79 Å². The zero-order valence-corrected chi connectivity index (χ0v) is 20.0. The zero-order valence-electron chi connectivity index (χ0n) is 17.6. The molecule has 1 aromatic carbocycles. The molecular weight excluding hydrogens is 465 g/mol. The lowest BCUT2D eigenvalue weighted by Gasteiger charge is -2.24. The highest BCUT2D eigenvalue weighted by atomic mass is 127. The van der Waals surface area contributed by atoms with Gasteiger partial charge in [-0.15, -0.1) is 24.0 Å². The lowest BCUT2D eigenvalue weighted by molar-refractivity contribution is -0.122. The maximum absolute atomic E-state index is 11.7. The topological polar surface area (TPSA) is 68.8 Å². The fourth-order valence-electron chi connectivity index (χ4n) is 2.92. The Morgan fingerprint density at radius 1 is 1.11 bits per heavy atom. The quantitative estimate of drug-likeness (QED) is 0.200. The number of carbonyl (C=O) groups excluding carboxylic acids is 1. The van der Waals surface area contributed by atoms with Crippen molar-refractivity contribution in [1.29, 1.82) is 0 Å². The lowest BCUT2D eigenvalue weighted by Crippen LogP contribution is -2.42. The number of nitrogens with one attached hydrogen (secondary N) is 3. The summed E-state index contributed by atoms with van der Waals surface area (Å²) in [6.07, 6.45) is 3.12. The molecule has 1 aliphatic carbocycles. The van der Waals surface area contributed by atoms with Gasteiger partial charge in [-0.05, 0) is 51.4 Å². The van der Waals surface area contributed by atoms with Crippen LogP contribution in [0.2, 0.25) is 0 Å². The van der Waals surface area contributed by atoms with Gasteiger partial charge < -0.3 is 20.9 Å². The van der Waals surface area contributed by atoms with Crippen LogP contribution in [-0.4, -0.2) is 57.0 Å². The Bertz CT molecular complexity index is 614. The first-order valence-electron chi connectivity index (χ1n) is 10.1. The maximum atomic E-state index is 11.7. The minimum absolute atomic E-state index is 0. The highest BCUT2D eigenvalue weighted by Crippen LogP contribution is 2.28. The number of aliphatic imine (C=N–C) groups is 1. The largest absolute Gasteiger partial charge is 0.357 e. The molecular formula is C21H36IN5O. The van der Waals surface area contributed by atoms with Gasteiger partial charge in [0.1, 0.15) is 0 Å². The van der Waals surface area contributed by atoms with E-state index in [1.54, 1.807) is 0 Å². The number of likely N-dealkylation sites (N-methyl/N-ethyl adjacent to an activating group) is 1. The van der Waals surface area contributed by atoms with Crippen LogP contribution in [0.1, 0.15) is 43.9 Å². The zero-order chi connectivity index (χ0) is 19.6. The normalized spacial score (nSPS) is 15.0. The molecule has 2 rings (SSSR count). The monoisotopic (exact) mass is 501 g/mol. The highest BCUT2D eigenvalue weighted by molar-refractivity contribution is 14.0. The summed E-state index contributed by atoms with van der Waals surface area (Å²) < 4.78 is 0. The van der Waals surface area contributed by atoms with Gasteiger partial charge in [-0.25, -0.2) is 0 Å². The van der Waals surface area contributed by atoms with Crippen molar-refractivity contribution in [3.8, 4) is 0 Å². The molecule has 0 bridgehead atoms. The summed E-state index contributed by atoms with van der Waals surface area (Å²) in [5.41, 5.74) is 2.62. The third-order valence-electron chi connectivity index (χ3n) is 4.83. The van der Waals surface area contributed by atoms with Crippen LogP contribution in [0.4, 0.5) is 0 Å². The minimum atomic E-state index is 0. The van der Waals surface area contributed by atoms with Gasteiger partial charge in [0.05, 0.1) is 12.6 Å². The van der Waals surface area contributed by atoms with E-state index in [4.69, 9.17) is 4.99 Å². The smallest absolute Gasteiger partial charge is 0.223 e. The molecule has 1 atom stereocenters. The van der Waals surface area contributed by atoms with Gasteiger partial charge in [0.15, 0.2) is 5.96 Å². The van der Waals surface area contributed by atoms with Gasteiger partial charge in [-0.2, -0.15) is 0 Å². The Balaban J connectivity index is 0.00000392. The summed E-state index contributed by atoms with van der Waals surface area (Å²) >= 11 is 0. The van der Waals surface area contributed by atoms with E-state index in [-0.39, 0.29) is 41.8 Å². The summed E-state index contributed by atoms with van der Waals surface area (Å²) in [4.78, 5) is 18.6. The van der Waals surface area contributed by atoms with E-state index in [2.05, 4.69) is 73.1 Å². The number of guanidine groups is 1. The van der Waals surface area contributed by atoms with Crippen LogP contribution in [-0.2, 0) is 11.2 Å². The average Bonchev–Trinajstić information content (AvgIpc) is 3.50. The first-order chi connectivity index (χ1) is 13.0. The van der Waals surface area contributed by atoms with Crippen LogP contribution in [0.25, 0.3) is 0 Å². The molecule has 1 amide bonds. The van der Waals surface area contributed by atoms with E-state index < -0.39 is 0 Å². The van der Waals surface area contributed by atoms with Crippen LogP contribution in [0.3, 0.4) is 0 Å². The highest BCUT2D eigenvalue weighted by Gasteiger charge is 2.28. The predicted octanol–water partition coefficient (Wildman–Crippen LogP) is 2.55. The van der Waals surface area contributed by atoms with E-state index in [1.807, 2.05) is 0 Å². The number of rotatable bonds is 10. The minimum Gasteiger partial charge on any atom is -0.357 e. The predicted molar refractivity (Wildman–Crippen MR) is 127 cm³/mol. The number of hydrogen-bond acceptors (Lipinski definition) is 3. The molecule has 1 aromatic rings. The molecule has 0 spiro atoms. The van der Waals surface area contributed by atoms with Crippen LogP contribution >= 0.6 is 24.0 Å². The molecule has 0 radical (unpaired) electrons. The van der Waals surface area contributed by atoms with Crippen LogP contribution in [0.15, 0.2) is 29.3 Å². The van der Waals surface area contributed by atoms with Crippen molar-refractivity contribution < 1.29 is 4.79 Å². The number of benzene rings is 1. The van der Waals surface area contributed by atoms with E-state index >= 15 is 0 Å². The van der Waals surface area contributed by atoms with Crippen LogP contribution < -0.4 is 16.0 Å². The van der Waals surface area contributed by atoms with E-state index in [1.165, 1.54) is 11.1 Å². The fourth-order valence-corrected chi connectivity index (χ4v) is 2.92. The standard InChI is InChI=1S/C21H35N5O.HI/c1-5-16-7-9-17(10-8-16)19(26(3)4)15-25-21(22-6-2)24-14-13-23-20(27)18-11-12-18;/h7-10,18-19H,5-6,11-15H2,1-4H3,(H,23,27)(H2,22,24,25);1H. The van der Waals surface area contributed by atoms with Crippen LogP contribution in [0, 0.1) is 5.92 Å². The Kier molecular flexibility index (Phi) is 11.4. The number of hydrogen-bond donors (Lipinski definition) is 3. The molecule has 1 unspecified atom stereocenters. The number of halogens is 1. The lowest BCUT2D eigenvalue weighted by atomic mass is 10.0. The van der Waals surface area contributed by atoms with Crippen molar-refractivity contribution in [2.45, 2.75) is 39.2 Å². The second-order valence-electron chi connectivity index (χ2n) is 7.29. The van der Waals surface area contributed by atoms with E-state index in [0.717, 1.165) is 31.8 Å². The van der Waals surface area contributed by atoms with E-state index in [0.29, 0.717) is 19.6 Å². The van der Waals surface area contributed by atoms with Gasteiger partial charge in [0.2, 0.25) is 5.91 Å². The summed E-state index contributed by atoms with van der Waals surface area (Å²) in [6, 6.07) is 9.02. The molecule has 0 aromatic heterocycles. The van der Waals surface area contributed by atoms with Gasteiger partial charge in [-0.3, -0.25) is 9.79 Å². The Hall–Kier alpha value is -1.35. The summed E-state index contributed by atoms with van der Waals surface area (Å²) in [7, 11) is 4.17. The Labute approximate surface area is 187 Å². The van der Waals surface area contributed by atoms with Gasteiger partial charge in [0, 0.05) is 25.6 Å². The molecule has 7 heteroatoms. The molecule has 28 heavy (non-hydrogen) atoms. The number of carbonyl (C=O) groups is 1. The second-order valence-corrected chi connectivity index (χ2v) is 7.29. The molecule has 1 saturated carbocycles. The maximum Gasteiger partial charge on any atom is 0.223 e. The van der Waals surface area contributed by atoms with Crippen molar-refractivity contribution in [1.82, 2.24) is 20.9 Å². The fraction of sp³-hybridized carbons (Fsp3) is 0.619. The first kappa shape index (κ1) is 24.7. The second kappa shape index (κ2) is 13.0. The summed E-state index contributed by atoms with van der Waals surface area (Å²) in [6.45, 7) is 6.99. The molecule has 0 aliphatic heterocycles. The molecule has 0 saturated heterocycles. The molecule has 1 aliphatic rings. The summed E-state index contributed by atoms with van der Waals surface area (Å²) in [5.74, 6) is 1.23. The molecule has 1 fully saturated rings. The van der Waals surface area contributed by atoms with Crippen LogP contribution in [0.5, 0.6) is 0 Å². The number of amides is 1. The van der Waals surface area contributed by atoms with Crippen molar-refractivity contribution in [2.75, 3.05) is 40.3 Å². The van der Waals surface area contributed by atoms with Crippen molar-refractivity contribution in [2.24, 2.45) is 10.9 Å². The molecule has 158 valence electrons. The summed E-state index contributed by atoms with van der Waals surface area (Å²) in [5, 5.41) is 9.55. The average molecular weight is 501 g/mol. The number of nitrogens with zero attached hydrogens (tertiary/aromatic N) is 2.